The topological polar surface area (TPSA) is 61.0 Å². The molecule has 4 aromatic rings. The molecule has 1 unspecified atom stereocenters. The summed E-state index contributed by atoms with van der Waals surface area (Å²) in [7, 11) is 4.12. The summed E-state index contributed by atoms with van der Waals surface area (Å²) < 4.78 is 13.9. The Labute approximate surface area is 197 Å². The Morgan fingerprint density at radius 1 is 1.09 bits per heavy atom. The minimum atomic E-state index is -0.660. The third-order valence-electron chi connectivity index (χ3n) is 7.01. The van der Waals surface area contributed by atoms with E-state index in [1.54, 1.807) is 6.07 Å². The van der Waals surface area contributed by atoms with Crippen LogP contribution in [0.5, 0.6) is 0 Å². The van der Waals surface area contributed by atoms with E-state index in [9.17, 15) is 9.18 Å². The molecular weight excluding hydrogens is 427 g/mol. The second kappa shape index (κ2) is 7.64. The van der Waals surface area contributed by atoms with E-state index in [0.29, 0.717) is 6.42 Å². The van der Waals surface area contributed by atoms with Gasteiger partial charge in [0.15, 0.2) is 0 Å². The normalized spacial score (nSPS) is 21.1. The number of nitrogens with one attached hydrogen (secondary N) is 2. The lowest BCUT2D eigenvalue weighted by Gasteiger charge is -2.09. The molecule has 1 saturated carbocycles. The van der Waals surface area contributed by atoms with Crippen LogP contribution >= 0.6 is 0 Å². The van der Waals surface area contributed by atoms with E-state index in [0.717, 1.165) is 45.5 Å². The summed E-state index contributed by atoms with van der Waals surface area (Å²) >= 11 is 0. The molecule has 6 heteroatoms. The molecule has 0 bridgehead atoms. The van der Waals surface area contributed by atoms with Crippen LogP contribution in [0.3, 0.4) is 0 Å². The van der Waals surface area contributed by atoms with Gasteiger partial charge in [-0.1, -0.05) is 42.5 Å². The summed E-state index contributed by atoms with van der Waals surface area (Å²) in [5.41, 5.74) is 6.09. The van der Waals surface area contributed by atoms with Gasteiger partial charge in [0.1, 0.15) is 5.82 Å². The van der Waals surface area contributed by atoms with Gasteiger partial charge in [-0.25, -0.2) is 4.39 Å². The molecule has 1 spiro atoms. The van der Waals surface area contributed by atoms with Gasteiger partial charge in [0.05, 0.1) is 16.6 Å². The van der Waals surface area contributed by atoms with Crippen LogP contribution in [0, 0.1) is 5.82 Å². The number of carbonyl (C=O) groups is 1. The quantitative estimate of drug-likeness (QED) is 0.431. The highest BCUT2D eigenvalue weighted by atomic mass is 19.1. The molecule has 1 aliphatic heterocycles. The predicted octanol–water partition coefficient (Wildman–Crippen LogP) is 5.31. The number of carbonyl (C=O) groups excluding carboxylic acids is 1. The molecule has 5 nitrogen and oxygen atoms in total. The Hall–Kier alpha value is -3.77. The van der Waals surface area contributed by atoms with Crippen LogP contribution in [0.2, 0.25) is 0 Å². The zero-order valence-corrected chi connectivity index (χ0v) is 19.1. The molecule has 1 aromatic heterocycles. The molecule has 3 aromatic carbocycles. The summed E-state index contributed by atoms with van der Waals surface area (Å²) in [6.07, 6.45) is 4.76. The SMILES string of the molecule is CN(C)Cc1ccc(/C=C/c2n[nH]c3cc(C4C[C@@]45C(=O)Nc4ccc(F)cc45)ccc23)cc1. The zero-order valence-electron chi connectivity index (χ0n) is 19.1. The molecule has 2 aliphatic rings. The maximum absolute atomic E-state index is 13.9. The van der Waals surface area contributed by atoms with Crippen LogP contribution in [-0.4, -0.2) is 35.1 Å². The Morgan fingerprint density at radius 2 is 1.91 bits per heavy atom. The minimum Gasteiger partial charge on any atom is -0.325 e. The van der Waals surface area contributed by atoms with Crippen LogP contribution in [0.1, 0.15) is 40.3 Å². The van der Waals surface area contributed by atoms with Crippen LogP contribution in [0.4, 0.5) is 10.1 Å². The van der Waals surface area contributed by atoms with Crippen LogP contribution in [0.15, 0.2) is 60.7 Å². The van der Waals surface area contributed by atoms with Crippen molar-refractivity contribution in [3.8, 4) is 0 Å². The van der Waals surface area contributed by atoms with Gasteiger partial charge in [-0.15, -0.1) is 0 Å². The third kappa shape index (κ3) is 3.33. The molecule has 170 valence electrons. The first-order chi connectivity index (χ1) is 16.4. The molecule has 2 atom stereocenters. The second-order valence-corrected chi connectivity index (χ2v) is 9.60. The lowest BCUT2D eigenvalue weighted by atomic mass is 9.91. The van der Waals surface area contributed by atoms with Crippen molar-refractivity contribution in [2.75, 3.05) is 19.4 Å². The highest BCUT2D eigenvalue weighted by molar-refractivity contribution is 6.10. The van der Waals surface area contributed by atoms with Gasteiger partial charge in [-0.05, 0) is 73.1 Å². The largest absolute Gasteiger partial charge is 0.325 e. The standard InChI is InChI=1S/C28H25FN4O/c1-33(2)16-18-5-3-17(4-6-18)7-11-24-21-10-8-19(13-26(21)32-31-24)23-15-28(23)22-14-20(29)9-12-25(22)30-27(28)34/h3-14,23H,15-16H2,1-2H3,(H,30,34)(H,31,32)/b11-7+/t23?,28-/m0/s1. The van der Waals surface area contributed by atoms with Crippen LogP contribution in [-0.2, 0) is 16.8 Å². The number of nitrogens with zero attached hydrogens (tertiary/aromatic N) is 2. The highest BCUT2D eigenvalue weighted by Crippen LogP contribution is 2.65. The van der Waals surface area contributed by atoms with E-state index in [2.05, 4.69) is 83.0 Å². The van der Waals surface area contributed by atoms with Crippen molar-refractivity contribution in [3.05, 3.63) is 94.4 Å². The van der Waals surface area contributed by atoms with Crippen molar-refractivity contribution in [2.45, 2.75) is 24.3 Å². The summed E-state index contributed by atoms with van der Waals surface area (Å²) in [6.45, 7) is 0.917. The molecule has 1 fully saturated rings. The number of amides is 1. The average Bonchev–Trinajstić information content (AvgIpc) is 3.36. The number of hydrogen-bond acceptors (Lipinski definition) is 3. The zero-order chi connectivity index (χ0) is 23.4. The molecule has 2 heterocycles. The molecule has 6 rings (SSSR count). The van der Waals surface area contributed by atoms with Gasteiger partial charge in [0, 0.05) is 23.5 Å². The minimum absolute atomic E-state index is 0.0305. The molecule has 1 aliphatic carbocycles. The number of halogens is 1. The van der Waals surface area contributed by atoms with Gasteiger partial charge in [0.25, 0.3) is 0 Å². The van der Waals surface area contributed by atoms with Gasteiger partial charge in [0.2, 0.25) is 5.91 Å². The Balaban J connectivity index is 1.25. The van der Waals surface area contributed by atoms with Crippen LogP contribution in [0.25, 0.3) is 23.1 Å². The average molecular weight is 453 g/mol. The molecule has 0 saturated heterocycles. The fourth-order valence-electron chi connectivity index (χ4n) is 5.24. The Morgan fingerprint density at radius 3 is 2.71 bits per heavy atom. The van der Waals surface area contributed by atoms with E-state index in [1.165, 1.54) is 17.7 Å². The maximum Gasteiger partial charge on any atom is 0.235 e. The van der Waals surface area contributed by atoms with E-state index < -0.39 is 5.41 Å². The van der Waals surface area contributed by atoms with Crippen molar-refractivity contribution in [1.82, 2.24) is 15.1 Å². The van der Waals surface area contributed by atoms with Crippen molar-refractivity contribution in [3.63, 3.8) is 0 Å². The number of aromatic amines is 1. The number of hydrogen-bond donors (Lipinski definition) is 2. The van der Waals surface area contributed by atoms with Crippen LogP contribution < -0.4 is 5.32 Å². The van der Waals surface area contributed by atoms with E-state index >= 15 is 0 Å². The van der Waals surface area contributed by atoms with Crippen molar-refractivity contribution < 1.29 is 9.18 Å². The van der Waals surface area contributed by atoms with E-state index in [1.807, 2.05) is 6.08 Å². The van der Waals surface area contributed by atoms with Crippen molar-refractivity contribution in [2.24, 2.45) is 0 Å². The lowest BCUT2D eigenvalue weighted by molar-refractivity contribution is -0.118. The first-order valence-electron chi connectivity index (χ1n) is 11.5. The fourth-order valence-corrected chi connectivity index (χ4v) is 5.24. The first kappa shape index (κ1) is 20.8. The smallest absolute Gasteiger partial charge is 0.235 e. The molecule has 0 radical (unpaired) electrons. The Kier molecular flexibility index (Phi) is 4.67. The Bertz CT molecular complexity index is 1450. The van der Waals surface area contributed by atoms with Gasteiger partial charge in [-0.3, -0.25) is 9.89 Å². The maximum atomic E-state index is 13.9. The summed E-state index contributed by atoms with van der Waals surface area (Å²) in [5.74, 6) is -0.320. The number of benzene rings is 3. The number of fused-ring (bicyclic) bond motifs is 3. The fraction of sp³-hybridized carbons (Fsp3) is 0.214. The molecule has 2 N–H and O–H groups in total. The van der Waals surface area contributed by atoms with Gasteiger partial charge < -0.3 is 10.2 Å². The molecular formula is C28H25FN4O. The van der Waals surface area contributed by atoms with Crippen molar-refractivity contribution >= 4 is 34.6 Å². The number of rotatable bonds is 5. The predicted molar refractivity (Wildman–Crippen MR) is 133 cm³/mol. The first-order valence-corrected chi connectivity index (χ1v) is 11.5. The lowest BCUT2D eigenvalue weighted by Crippen LogP contribution is -2.21. The highest BCUT2D eigenvalue weighted by Gasteiger charge is 2.65. The third-order valence-corrected chi connectivity index (χ3v) is 7.01. The van der Waals surface area contributed by atoms with E-state index in [4.69, 9.17) is 0 Å². The monoisotopic (exact) mass is 452 g/mol. The number of aromatic nitrogens is 2. The summed E-state index contributed by atoms with van der Waals surface area (Å²) in [4.78, 5) is 15.0. The number of anilines is 1. The van der Waals surface area contributed by atoms with Gasteiger partial charge >= 0.3 is 0 Å². The molecule has 34 heavy (non-hydrogen) atoms. The van der Waals surface area contributed by atoms with Gasteiger partial charge in [-0.2, -0.15) is 5.10 Å². The summed E-state index contributed by atoms with van der Waals surface area (Å²) in [5, 5.41) is 11.6. The molecule has 1 amide bonds. The number of H-pyrrole nitrogens is 1. The van der Waals surface area contributed by atoms with E-state index in [-0.39, 0.29) is 17.6 Å². The summed E-state index contributed by atoms with van der Waals surface area (Å²) in [6, 6.07) is 19.2. The second-order valence-electron chi connectivity index (χ2n) is 9.60. The van der Waals surface area contributed by atoms with Crippen molar-refractivity contribution in [1.29, 1.82) is 0 Å².